The SMILES string of the molecule is Cc1cc(Cl)ccc1-c1ccc(NC(=O)[C@H](Cc2ccc(C(=O)OC(C)(C)C)cc2)c2ccc([C@H]3CC[C@@H](C(C)(C)C)CC3)cc2)cc1. The first-order chi connectivity index (χ1) is 22.7. The number of rotatable bonds is 8. The molecule has 1 saturated carbocycles. The highest BCUT2D eigenvalue weighted by Gasteiger charge is 2.30. The second-order valence-electron chi connectivity index (χ2n) is 15.6. The van der Waals surface area contributed by atoms with Gasteiger partial charge in [-0.25, -0.2) is 4.79 Å². The molecule has 0 aliphatic heterocycles. The second kappa shape index (κ2) is 14.7. The monoisotopic (exact) mass is 663 g/mol. The van der Waals surface area contributed by atoms with Gasteiger partial charge in [0.05, 0.1) is 11.5 Å². The van der Waals surface area contributed by atoms with Crippen LogP contribution in [0.1, 0.15) is 112 Å². The minimum Gasteiger partial charge on any atom is -0.456 e. The van der Waals surface area contributed by atoms with Crippen molar-refractivity contribution in [3.63, 3.8) is 0 Å². The van der Waals surface area contributed by atoms with E-state index in [0.29, 0.717) is 28.3 Å². The molecule has 0 heterocycles. The van der Waals surface area contributed by atoms with Crippen molar-refractivity contribution in [1.82, 2.24) is 0 Å². The Bertz CT molecular complexity index is 1700. The van der Waals surface area contributed by atoms with Gasteiger partial charge in [0.2, 0.25) is 5.91 Å². The fourth-order valence-electron chi connectivity index (χ4n) is 6.92. The van der Waals surface area contributed by atoms with Crippen LogP contribution in [0, 0.1) is 18.3 Å². The van der Waals surface area contributed by atoms with Gasteiger partial charge >= 0.3 is 5.97 Å². The van der Waals surface area contributed by atoms with Crippen LogP contribution in [0.4, 0.5) is 5.69 Å². The number of hydrogen-bond acceptors (Lipinski definition) is 3. The number of carbonyl (C=O) groups is 2. The Hall–Kier alpha value is -3.89. The third-order valence-electron chi connectivity index (χ3n) is 9.76. The van der Waals surface area contributed by atoms with Crippen molar-refractivity contribution in [2.75, 3.05) is 5.32 Å². The zero-order chi connectivity index (χ0) is 34.6. The number of carbonyl (C=O) groups excluding carboxylic acids is 2. The Morgan fingerprint density at radius 3 is 2.00 bits per heavy atom. The maximum absolute atomic E-state index is 14.0. The molecule has 0 unspecified atom stereocenters. The summed E-state index contributed by atoms with van der Waals surface area (Å²) in [6.07, 6.45) is 5.44. The summed E-state index contributed by atoms with van der Waals surface area (Å²) >= 11 is 6.17. The van der Waals surface area contributed by atoms with Gasteiger partial charge in [0, 0.05) is 10.7 Å². The molecule has 4 aromatic rings. The number of aryl methyl sites for hydroxylation is 1. The molecular weight excluding hydrogens is 614 g/mol. The lowest BCUT2D eigenvalue weighted by atomic mass is 9.68. The predicted octanol–water partition coefficient (Wildman–Crippen LogP) is 11.6. The summed E-state index contributed by atoms with van der Waals surface area (Å²) in [6.45, 7) is 14.7. The zero-order valence-electron chi connectivity index (χ0n) is 29.5. The van der Waals surface area contributed by atoms with Crippen molar-refractivity contribution in [1.29, 1.82) is 0 Å². The van der Waals surface area contributed by atoms with Gasteiger partial charge in [-0.1, -0.05) is 87.0 Å². The summed E-state index contributed by atoms with van der Waals surface area (Å²) < 4.78 is 5.54. The van der Waals surface area contributed by atoms with E-state index in [2.05, 4.69) is 50.4 Å². The molecular formula is C43H50ClNO3. The van der Waals surface area contributed by atoms with Crippen molar-refractivity contribution in [3.05, 3.63) is 124 Å². The summed E-state index contributed by atoms with van der Waals surface area (Å²) in [5.74, 6) is 0.495. The maximum atomic E-state index is 14.0. The number of anilines is 1. The largest absolute Gasteiger partial charge is 0.456 e. The third-order valence-corrected chi connectivity index (χ3v) is 9.99. The number of benzene rings is 4. The molecule has 0 aromatic heterocycles. The van der Waals surface area contributed by atoms with Crippen molar-refractivity contribution in [3.8, 4) is 11.1 Å². The number of halogens is 1. The summed E-state index contributed by atoms with van der Waals surface area (Å²) in [5, 5.41) is 3.90. The van der Waals surface area contributed by atoms with Gasteiger partial charge < -0.3 is 10.1 Å². The zero-order valence-corrected chi connectivity index (χ0v) is 30.3. The van der Waals surface area contributed by atoms with Gasteiger partial charge in [-0.05, 0) is 147 Å². The quantitative estimate of drug-likeness (QED) is 0.191. The van der Waals surface area contributed by atoms with Crippen molar-refractivity contribution in [2.45, 2.75) is 98.0 Å². The van der Waals surface area contributed by atoms with Crippen molar-refractivity contribution < 1.29 is 14.3 Å². The van der Waals surface area contributed by atoms with Gasteiger partial charge in [-0.2, -0.15) is 0 Å². The minimum absolute atomic E-state index is 0.0694. The highest BCUT2D eigenvalue weighted by Crippen LogP contribution is 2.43. The predicted molar refractivity (Wildman–Crippen MR) is 199 cm³/mol. The average molecular weight is 664 g/mol. The lowest BCUT2D eigenvalue weighted by molar-refractivity contribution is -0.117. The molecule has 1 aliphatic rings. The molecule has 4 aromatic carbocycles. The Morgan fingerprint density at radius 2 is 1.44 bits per heavy atom. The van der Waals surface area contributed by atoms with Crippen molar-refractivity contribution >= 4 is 29.2 Å². The molecule has 1 aliphatic carbocycles. The standard InChI is InChI=1S/C43H50ClNO3/c1-28-26-36(44)22-25-38(28)32-18-23-37(24-19-32)45-40(46)39(27-29-8-10-34(11-9-29)41(47)48-43(5,6)7)33-14-12-30(13-15-33)31-16-20-35(21-17-31)42(2,3)4/h8-15,18-19,22-26,31,35,39H,16-17,20-21,27H2,1-7H3,(H,45,46)/t31-,35+,39-/m1/s1. The van der Waals surface area contributed by atoms with Gasteiger partial charge in [0.15, 0.2) is 0 Å². The molecule has 5 heteroatoms. The second-order valence-corrected chi connectivity index (χ2v) is 16.0. The number of esters is 1. The van der Waals surface area contributed by atoms with Gasteiger partial charge in [0.1, 0.15) is 5.60 Å². The molecule has 4 nitrogen and oxygen atoms in total. The minimum atomic E-state index is -0.567. The van der Waals surface area contributed by atoms with Gasteiger partial charge in [-0.3, -0.25) is 4.79 Å². The van der Waals surface area contributed by atoms with Gasteiger partial charge in [-0.15, -0.1) is 0 Å². The molecule has 48 heavy (non-hydrogen) atoms. The van der Waals surface area contributed by atoms with Crippen LogP contribution in [0.3, 0.4) is 0 Å². The molecule has 0 radical (unpaired) electrons. The fourth-order valence-corrected chi connectivity index (χ4v) is 7.14. The van der Waals surface area contributed by atoms with Crippen LogP contribution in [0.25, 0.3) is 11.1 Å². The maximum Gasteiger partial charge on any atom is 0.338 e. The van der Waals surface area contributed by atoms with E-state index in [-0.39, 0.29) is 11.9 Å². The topological polar surface area (TPSA) is 55.4 Å². The Kier molecular flexibility index (Phi) is 10.8. The molecule has 0 spiro atoms. The lowest BCUT2D eigenvalue weighted by Crippen LogP contribution is -2.25. The molecule has 0 saturated heterocycles. The van der Waals surface area contributed by atoms with E-state index < -0.39 is 11.5 Å². The van der Waals surface area contributed by atoms with E-state index in [4.69, 9.17) is 16.3 Å². The van der Waals surface area contributed by atoms with Crippen LogP contribution >= 0.6 is 11.6 Å². The molecule has 1 amide bonds. The van der Waals surface area contributed by atoms with E-state index in [1.807, 2.05) is 82.3 Å². The normalized spacial score (nSPS) is 17.4. The van der Waals surface area contributed by atoms with Crippen LogP contribution < -0.4 is 5.32 Å². The van der Waals surface area contributed by atoms with Crippen LogP contribution in [0.2, 0.25) is 5.02 Å². The van der Waals surface area contributed by atoms with E-state index >= 15 is 0 Å². The summed E-state index contributed by atoms with van der Waals surface area (Å²) in [7, 11) is 0. The molecule has 0 bridgehead atoms. The highest BCUT2D eigenvalue weighted by atomic mass is 35.5. The Balaban J connectivity index is 1.35. The summed E-state index contributed by atoms with van der Waals surface area (Å²) in [4.78, 5) is 26.6. The first-order valence-corrected chi connectivity index (χ1v) is 17.6. The first-order valence-electron chi connectivity index (χ1n) is 17.3. The summed E-state index contributed by atoms with van der Waals surface area (Å²) in [6, 6.07) is 30.0. The molecule has 252 valence electrons. The van der Waals surface area contributed by atoms with Crippen LogP contribution in [0.5, 0.6) is 0 Å². The third kappa shape index (κ3) is 9.17. The van der Waals surface area contributed by atoms with Crippen LogP contribution in [-0.4, -0.2) is 17.5 Å². The Labute approximate surface area is 292 Å². The van der Waals surface area contributed by atoms with E-state index in [1.54, 1.807) is 12.1 Å². The van der Waals surface area contributed by atoms with Crippen LogP contribution in [0.15, 0.2) is 91.0 Å². The van der Waals surface area contributed by atoms with E-state index in [9.17, 15) is 9.59 Å². The lowest BCUT2D eigenvalue weighted by Gasteiger charge is -2.37. The molecule has 5 rings (SSSR count). The van der Waals surface area contributed by atoms with Crippen LogP contribution in [-0.2, 0) is 16.0 Å². The molecule has 1 N–H and O–H groups in total. The van der Waals surface area contributed by atoms with Gasteiger partial charge in [0.25, 0.3) is 0 Å². The highest BCUT2D eigenvalue weighted by molar-refractivity contribution is 6.30. The summed E-state index contributed by atoms with van der Waals surface area (Å²) in [5.41, 5.74) is 7.61. The molecule has 1 fully saturated rings. The number of ether oxygens (including phenoxy) is 1. The fraction of sp³-hybridized carbons (Fsp3) is 0.395. The van der Waals surface area contributed by atoms with E-state index in [0.717, 1.165) is 39.4 Å². The average Bonchev–Trinajstić information content (AvgIpc) is 3.03. The first kappa shape index (κ1) is 35.4. The number of nitrogens with one attached hydrogen (secondary N) is 1. The Morgan fingerprint density at radius 1 is 0.812 bits per heavy atom. The number of hydrogen-bond donors (Lipinski definition) is 1. The smallest absolute Gasteiger partial charge is 0.338 e. The van der Waals surface area contributed by atoms with E-state index in [1.165, 1.54) is 31.2 Å². The number of amides is 1. The van der Waals surface area contributed by atoms with Crippen molar-refractivity contribution in [2.24, 2.45) is 11.3 Å². The molecule has 1 atom stereocenters.